The molecule has 0 fully saturated rings. The molecule has 0 spiro atoms. The molecule has 0 aliphatic heterocycles. The number of nitrogens with two attached hydrogens (primary N) is 1. The molecule has 5 heteroatoms. The first-order valence-corrected chi connectivity index (χ1v) is 5.89. The highest BCUT2D eigenvalue weighted by Gasteiger charge is 2.11. The molecular formula is C11H16ClIN2O. The van der Waals surface area contributed by atoms with E-state index < -0.39 is 0 Å². The molecule has 1 rings (SSSR count). The summed E-state index contributed by atoms with van der Waals surface area (Å²) in [7, 11) is 0. The third-order valence-electron chi connectivity index (χ3n) is 2.10. The van der Waals surface area contributed by atoms with E-state index in [2.05, 4.69) is 27.9 Å². The van der Waals surface area contributed by atoms with E-state index in [0.29, 0.717) is 6.54 Å². The highest BCUT2D eigenvalue weighted by molar-refractivity contribution is 14.1. The summed E-state index contributed by atoms with van der Waals surface area (Å²) in [6.07, 6.45) is 0. The summed E-state index contributed by atoms with van der Waals surface area (Å²) in [6.45, 7) is 4.31. The maximum atomic E-state index is 11.8. The van der Waals surface area contributed by atoms with Gasteiger partial charge in [0.25, 0.3) is 5.91 Å². The Balaban J connectivity index is 0.00000225. The normalized spacial score (nSPS) is 11.5. The molecule has 0 aliphatic rings. The summed E-state index contributed by atoms with van der Waals surface area (Å²) in [6, 6.07) is 5.83. The van der Waals surface area contributed by atoms with Gasteiger partial charge in [0.1, 0.15) is 0 Å². The SMILES string of the molecule is Cc1ccc(I)c(C(=O)N[C@H](C)CN)c1.Cl. The standard InChI is InChI=1S/C11H15IN2O.ClH/c1-7-3-4-10(12)9(5-7)11(15)14-8(2)6-13;/h3-5,8H,6,13H2,1-2H3,(H,14,15);1H/t8-;/m1./s1. The Hall–Kier alpha value is -0.330. The summed E-state index contributed by atoms with van der Waals surface area (Å²) >= 11 is 2.16. The Kier molecular flexibility index (Phi) is 6.94. The van der Waals surface area contributed by atoms with Crippen LogP contribution in [0, 0.1) is 10.5 Å². The average Bonchev–Trinajstić information content (AvgIpc) is 2.21. The minimum atomic E-state index is -0.0546. The van der Waals surface area contributed by atoms with E-state index in [1.807, 2.05) is 32.0 Å². The van der Waals surface area contributed by atoms with Crippen molar-refractivity contribution in [3.63, 3.8) is 0 Å². The molecular weight excluding hydrogens is 338 g/mol. The van der Waals surface area contributed by atoms with Crippen LogP contribution in [0.3, 0.4) is 0 Å². The first kappa shape index (κ1) is 15.7. The van der Waals surface area contributed by atoms with Crippen LogP contribution in [-0.4, -0.2) is 18.5 Å². The lowest BCUT2D eigenvalue weighted by Crippen LogP contribution is -2.38. The molecule has 0 radical (unpaired) electrons. The van der Waals surface area contributed by atoms with Gasteiger partial charge in [-0.05, 0) is 48.6 Å². The molecule has 1 aromatic rings. The molecule has 1 aromatic carbocycles. The Bertz CT molecular complexity index is 371. The molecule has 3 N–H and O–H groups in total. The van der Waals surface area contributed by atoms with Gasteiger partial charge in [-0.3, -0.25) is 4.79 Å². The van der Waals surface area contributed by atoms with Crippen molar-refractivity contribution in [3.8, 4) is 0 Å². The van der Waals surface area contributed by atoms with E-state index in [1.54, 1.807) is 0 Å². The van der Waals surface area contributed by atoms with E-state index in [9.17, 15) is 4.79 Å². The van der Waals surface area contributed by atoms with Gasteiger partial charge < -0.3 is 11.1 Å². The van der Waals surface area contributed by atoms with Gasteiger partial charge in [-0.1, -0.05) is 11.6 Å². The number of aryl methyl sites for hydroxylation is 1. The van der Waals surface area contributed by atoms with Crippen molar-refractivity contribution in [1.82, 2.24) is 5.32 Å². The van der Waals surface area contributed by atoms with Gasteiger partial charge in [-0.2, -0.15) is 0 Å². The number of carbonyl (C=O) groups excluding carboxylic acids is 1. The van der Waals surface area contributed by atoms with Crippen LogP contribution in [0.1, 0.15) is 22.8 Å². The van der Waals surface area contributed by atoms with Gasteiger partial charge in [0.05, 0.1) is 5.56 Å². The largest absolute Gasteiger partial charge is 0.348 e. The molecule has 0 bridgehead atoms. The smallest absolute Gasteiger partial charge is 0.252 e. The van der Waals surface area contributed by atoms with Crippen LogP contribution >= 0.6 is 35.0 Å². The highest BCUT2D eigenvalue weighted by atomic mass is 127. The van der Waals surface area contributed by atoms with Crippen molar-refractivity contribution < 1.29 is 4.79 Å². The first-order chi connectivity index (χ1) is 7.04. The van der Waals surface area contributed by atoms with Crippen molar-refractivity contribution in [2.45, 2.75) is 19.9 Å². The zero-order valence-corrected chi connectivity index (χ0v) is 12.3. The molecule has 1 atom stereocenters. The summed E-state index contributed by atoms with van der Waals surface area (Å²) in [4.78, 5) is 11.8. The van der Waals surface area contributed by atoms with E-state index >= 15 is 0 Å². The second kappa shape index (κ2) is 7.09. The zero-order valence-electron chi connectivity index (χ0n) is 9.29. The fraction of sp³-hybridized carbons (Fsp3) is 0.364. The van der Waals surface area contributed by atoms with Crippen LogP contribution in [0.25, 0.3) is 0 Å². The Morgan fingerprint density at radius 1 is 1.56 bits per heavy atom. The van der Waals surface area contributed by atoms with E-state index in [0.717, 1.165) is 14.7 Å². The van der Waals surface area contributed by atoms with Crippen molar-refractivity contribution in [2.24, 2.45) is 5.73 Å². The summed E-state index contributed by atoms with van der Waals surface area (Å²) in [5.41, 5.74) is 7.25. The molecule has 0 unspecified atom stereocenters. The topological polar surface area (TPSA) is 55.1 Å². The molecule has 0 saturated heterocycles. The average molecular weight is 355 g/mol. The maximum Gasteiger partial charge on any atom is 0.252 e. The molecule has 3 nitrogen and oxygen atoms in total. The molecule has 0 aliphatic carbocycles. The second-order valence-corrected chi connectivity index (χ2v) is 4.76. The number of amides is 1. The van der Waals surface area contributed by atoms with Gasteiger partial charge in [0, 0.05) is 16.2 Å². The van der Waals surface area contributed by atoms with Gasteiger partial charge in [-0.25, -0.2) is 0 Å². The number of rotatable bonds is 3. The fourth-order valence-corrected chi connectivity index (χ4v) is 1.75. The van der Waals surface area contributed by atoms with Crippen LogP contribution in [0.2, 0.25) is 0 Å². The predicted molar refractivity (Wildman–Crippen MR) is 77.1 cm³/mol. The van der Waals surface area contributed by atoms with Crippen LogP contribution in [0.4, 0.5) is 0 Å². The third-order valence-corrected chi connectivity index (χ3v) is 3.04. The summed E-state index contributed by atoms with van der Waals surface area (Å²) in [5.74, 6) is -0.0546. The zero-order chi connectivity index (χ0) is 11.4. The molecule has 0 saturated carbocycles. The van der Waals surface area contributed by atoms with Gasteiger partial charge in [0.15, 0.2) is 0 Å². The molecule has 90 valence electrons. The summed E-state index contributed by atoms with van der Waals surface area (Å²) < 4.78 is 0.958. The lowest BCUT2D eigenvalue weighted by molar-refractivity contribution is 0.0940. The Morgan fingerprint density at radius 2 is 2.19 bits per heavy atom. The number of halogens is 2. The van der Waals surface area contributed by atoms with Crippen molar-refractivity contribution in [3.05, 3.63) is 32.9 Å². The Labute approximate surface area is 116 Å². The molecule has 0 aromatic heterocycles. The van der Waals surface area contributed by atoms with Crippen LogP contribution in [-0.2, 0) is 0 Å². The predicted octanol–water partition coefficient (Wildman–Crippen LogP) is 2.10. The minimum absolute atomic E-state index is 0. The monoisotopic (exact) mass is 354 g/mol. The first-order valence-electron chi connectivity index (χ1n) is 4.81. The van der Waals surface area contributed by atoms with Gasteiger partial charge in [-0.15, -0.1) is 12.4 Å². The van der Waals surface area contributed by atoms with Crippen molar-refractivity contribution >= 4 is 40.9 Å². The number of hydrogen-bond acceptors (Lipinski definition) is 2. The van der Waals surface area contributed by atoms with E-state index in [-0.39, 0.29) is 24.4 Å². The lowest BCUT2D eigenvalue weighted by atomic mass is 10.1. The molecule has 16 heavy (non-hydrogen) atoms. The number of carbonyl (C=O) groups is 1. The third kappa shape index (κ3) is 4.27. The second-order valence-electron chi connectivity index (χ2n) is 3.59. The van der Waals surface area contributed by atoms with Gasteiger partial charge in [0.2, 0.25) is 0 Å². The van der Waals surface area contributed by atoms with E-state index in [4.69, 9.17) is 5.73 Å². The highest BCUT2D eigenvalue weighted by Crippen LogP contribution is 2.14. The number of hydrogen-bond donors (Lipinski definition) is 2. The lowest BCUT2D eigenvalue weighted by Gasteiger charge is -2.12. The van der Waals surface area contributed by atoms with Gasteiger partial charge >= 0.3 is 0 Å². The quantitative estimate of drug-likeness (QED) is 0.817. The maximum absolute atomic E-state index is 11.8. The van der Waals surface area contributed by atoms with Crippen LogP contribution in [0.15, 0.2) is 18.2 Å². The minimum Gasteiger partial charge on any atom is -0.348 e. The van der Waals surface area contributed by atoms with Crippen molar-refractivity contribution in [2.75, 3.05) is 6.54 Å². The number of benzene rings is 1. The molecule has 1 amide bonds. The Morgan fingerprint density at radius 3 is 2.75 bits per heavy atom. The van der Waals surface area contributed by atoms with Crippen LogP contribution in [0.5, 0.6) is 0 Å². The number of nitrogens with one attached hydrogen (secondary N) is 1. The summed E-state index contributed by atoms with van der Waals surface area (Å²) in [5, 5.41) is 2.85. The van der Waals surface area contributed by atoms with Crippen molar-refractivity contribution in [1.29, 1.82) is 0 Å². The van der Waals surface area contributed by atoms with Crippen LogP contribution < -0.4 is 11.1 Å². The fourth-order valence-electron chi connectivity index (χ4n) is 1.17. The van der Waals surface area contributed by atoms with E-state index in [1.165, 1.54) is 0 Å². The molecule has 0 heterocycles.